The molecule has 0 aromatic heterocycles. The average molecular weight is 328 g/mol. The maximum absolute atomic E-state index is 13.6. The van der Waals surface area contributed by atoms with Crippen LogP contribution >= 0.6 is 7.37 Å². The van der Waals surface area contributed by atoms with Crippen LogP contribution in [0.3, 0.4) is 0 Å². The summed E-state index contributed by atoms with van der Waals surface area (Å²) in [6, 6.07) is 18.1. The summed E-state index contributed by atoms with van der Waals surface area (Å²) in [5.74, 6) is -0.440. The van der Waals surface area contributed by atoms with Gasteiger partial charge in [-0.05, 0) is 37.1 Å². The van der Waals surface area contributed by atoms with Gasteiger partial charge in [0.15, 0.2) is 0 Å². The molecule has 1 aliphatic carbocycles. The van der Waals surface area contributed by atoms with E-state index in [-0.39, 0.29) is 11.9 Å². The largest absolute Gasteiger partial charge is 0.404 e. The van der Waals surface area contributed by atoms with Crippen LogP contribution in [0.2, 0.25) is 0 Å². The Labute approximate surface area is 137 Å². The fraction of sp³-hybridized carbons (Fsp3) is 0.316. The third-order valence-corrected chi connectivity index (χ3v) is 6.74. The first-order valence-corrected chi connectivity index (χ1v) is 9.77. The van der Waals surface area contributed by atoms with E-state index in [1.807, 2.05) is 36.4 Å². The molecule has 3 nitrogen and oxygen atoms in total. The molecule has 0 atom stereocenters. The summed E-state index contributed by atoms with van der Waals surface area (Å²) in [6.45, 7) is 0. The number of rotatable bonds is 4. The summed E-state index contributed by atoms with van der Waals surface area (Å²) < 4.78 is 19.3. The van der Waals surface area contributed by atoms with Crippen LogP contribution in [0, 0.1) is 5.92 Å². The molecule has 0 heterocycles. The minimum atomic E-state index is -3.40. The van der Waals surface area contributed by atoms with Gasteiger partial charge in [0.2, 0.25) is 0 Å². The lowest BCUT2D eigenvalue weighted by Crippen LogP contribution is -2.25. The molecule has 0 bridgehead atoms. The Bertz CT molecular complexity index is 648. The molecule has 1 aliphatic rings. The maximum atomic E-state index is 13.6. The van der Waals surface area contributed by atoms with Crippen LogP contribution < -0.4 is 10.6 Å². The molecule has 0 radical (unpaired) electrons. The molecule has 0 amide bonds. The first-order valence-electron chi connectivity index (χ1n) is 8.15. The van der Waals surface area contributed by atoms with Gasteiger partial charge in [-0.1, -0.05) is 55.7 Å². The van der Waals surface area contributed by atoms with Crippen molar-refractivity contribution >= 4 is 23.9 Å². The predicted molar refractivity (Wildman–Crippen MR) is 92.4 cm³/mol. The zero-order chi connectivity index (χ0) is 16.1. The van der Waals surface area contributed by atoms with E-state index in [2.05, 4.69) is 0 Å². The molecule has 120 valence electrons. The van der Waals surface area contributed by atoms with E-state index in [9.17, 15) is 9.36 Å². The quantitative estimate of drug-likeness (QED) is 0.796. The van der Waals surface area contributed by atoms with Crippen molar-refractivity contribution in [3.63, 3.8) is 0 Å². The van der Waals surface area contributed by atoms with Gasteiger partial charge in [-0.3, -0.25) is 9.36 Å². The van der Waals surface area contributed by atoms with Crippen LogP contribution in [0.15, 0.2) is 60.7 Å². The van der Waals surface area contributed by atoms with Crippen LogP contribution in [0.1, 0.15) is 32.1 Å². The number of hydrogen-bond donors (Lipinski definition) is 0. The molecule has 2 aromatic carbocycles. The summed E-state index contributed by atoms with van der Waals surface area (Å²) in [5.41, 5.74) is 0. The fourth-order valence-electron chi connectivity index (χ4n) is 3.04. The summed E-state index contributed by atoms with van der Waals surface area (Å²) in [7, 11) is -3.40. The lowest BCUT2D eigenvalue weighted by Gasteiger charge is -2.24. The number of carbonyl (C=O) groups excluding carboxylic acids is 1. The summed E-state index contributed by atoms with van der Waals surface area (Å²) >= 11 is 0. The molecule has 0 saturated heterocycles. The van der Waals surface area contributed by atoms with Crippen LogP contribution in [0.5, 0.6) is 0 Å². The van der Waals surface area contributed by atoms with Crippen LogP contribution in [-0.2, 0) is 13.9 Å². The van der Waals surface area contributed by atoms with Crippen molar-refractivity contribution in [3.8, 4) is 0 Å². The average Bonchev–Trinajstić information content (AvgIpc) is 2.64. The molecule has 1 saturated carbocycles. The van der Waals surface area contributed by atoms with Crippen LogP contribution in [0.4, 0.5) is 0 Å². The smallest absolute Gasteiger partial charge is 0.314 e. The van der Waals surface area contributed by atoms with Crippen LogP contribution in [0.25, 0.3) is 0 Å². The summed E-state index contributed by atoms with van der Waals surface area (Å²) in [5, 5.41) is 1.13. The van der Waals surface area contributed by atoms with Crippen molar-refractivity contribution in [2.24, 2.45) is 5.92 Å². The van der Waals surface area contributed by atoms with Gasteiger partial charge in [0.25, 0.3) is 0 Å². The van der Waals surface area contributed by atoms with Crippen molar-refractivity contribution in [2.75, 3.05) is 0 Å². The second-order valence-corrected chi connectivity index (χ2v) is 8.29. The molecule has 0 aliphatic heterocycles. The Hall–Kier alpha value is -1.86. The van der Waals surface area contributed by atoms with Gasteiger partial charge in [-0.25, -0.2) is 0 Å². The number of benzene rings is 2. The van der Waals surface area contributed by atoms with Crippen molar-refractivity contribution in [2.45, 2.75) is 32.1 Å². The Morgan fingerprint density at radius 2 is 1.30 bits per heavy atom. The Kier molecular flexibility index (Phi) is 4.97. The first kappa shape index (κ1) is 16.0. The van der Waals surface area contributed by atoms with E-state index in [0.29, 0.717) is 10.6 Å². The lowest BCUT2D eigenvalue weighted by molar-refractivity contribution is -0.139. The molecule has 0 spiro atoms. The SMILES string of the molecule is O=C(OP(=O)(c1ccccc1)c1ccccc1)C1CCCCC1. The maximum Gasteiger partial charge on any atom is 0.314 e. The third-order valence-electron chi connectivity index (χ3n) is 4.35. The molecular formula is C19H21O3P. The lowest BCUT2D eigenvalue weighted by atomic mass is 9.90. The Morgan fingerprint density at radius 1 is 0.826 bits per heavy atom. The van der Waals surface area contributed by atoms with E-state index in [4.69, 9.17) is 4.52 Å². The monoisotopic (exact) mass is 328 g/mol. The van der Waals surface area contributed by atoms with Gasteiger partial charge < -0.3 is 4.52 Å². The van der Waals surface area contributed by atoms with E-state index in [1.54, 1.807) is 24.3 Å². The van der Waals surface area contributed by atoms with Gasteiger partial charge in [-0.2, -0.15) is 0 Å². The molecule has 23 heavy (non-hydrogen) atoms. The van der Waals surface area contributed by atoms with Crippen molar-refractivity contribution in [3.05, 3.63) is 60.7 Å². The molecule has 3 rings (SSSR count). The summed E-state index contributed by atoms with van der Waals surface area (Å²) in [6.07, 6.45) is 4.92. The molecule has 0 unspecified atom stereocenters. The van der Waals surface area contributed by atoms with Gasteiger partial charge in [0.05, 0.1) is 16.5 Å². The zero-order valence-corrected chi connectivity index (χ0v) is 14.0. The van der Waals surface area contributed by atoms with Gasteiger partial charge in [0.1, 0.15) is 0 Å². The van der Waals surface area contributed by atoms with E-state index < -0.39 is 7.37 Å². The highest BCUT2D eigenvalue weighted by Crippen LogP contribution is 2.46. The highest BCUT2D eigenvalue weighted by atomic mass is 31.2. The molecule has 2 aromatic rings. The minimum Gasteiger partial charge on any atom is -0.404 e. The number of carbonyl (C=O) groups is 1. The highest BCUT2D eigenvalue weighted by molar-refractivity contribution is 7.74. The van der Waals surface area contributed by atoms with E-state index in [0.717, 1.165) is 25.7 Å². The standard InChI is InChI=1S/C19H21O3P/c20-19(16-10-4-1-5-11-16)22-23(21,17-12-6-2-7-13-17)18-14-8-3-9-15-18/h2-3,6-9,12-16H,1,4-5,10-11H2. The van der Waals surface area contributed by atoms with E-state index >= 15 is 0 Å². The normalized spacial score (nSPS) is 16.0. The highest BCUT2D eigenvalue weighted by Gasteiger charge is 2.35. The molecule has 0 N–H and O–H groups in total. The Morgan fingerprint density at radius 3 is 1.78 bits per heavy atom. The second kappa shape index (κ2) is 7.14. The van der Waals surface area contributed by atoms with Gasteiger partial charge >= 0.3 is 13.3 Å². The third kappa shape index (κ3) is 3.56. The van der Waals surface area contributed by atoms with E-state index in [1.165, 1.54) is 6.42 Å². The first-order chi connectivity index (χ1) is 11.2. The predicted octanol–water partition coefficient (Wildman–Crippen LogP) is 4.04. The molecule has 4 heteroatoms. The fourth-order valence-corrected chi connectivity index (χ4v) is 5.08. The van der Waals surface area contributed by atoms with Gasteiger partial charge in [-0.15, -0.1) is 0 Å². The van der Waals surface area contributed by atoms with Crippen molar-refractivity contribution in [1.82, 2.24) is 0 Å². The van der Waals surface area contributed by atoms with Crippen molar-refractivity contribution < 1.29 is 13.9 Å². The second-order valence-electron chi connectivity index (χ2n) is 5.97. The number of hydrogen-bond acceptors (Lipinski definition) is 3. The zero-order valence-electron chi connectivity index (χ0n) is 13.1. The topological polar surface area (TPSA) is 43.4 Å². The summed E-state index contributed by atoms with van der Waals surface area (Å²) in [4.78, 5) is 12.6. The van der Waals surface area contributed by atoms with Gasteiger partial charge in [0, 0.05) is 0 Å². The molecule has 1 fully saturated rings. The van der Waals surface area contributed by atoms with Crippen molar-refractivity contribution in [1.29, 1.82) is 0 Å². The Balaban J connectivity index is 1.93. The minimum absolute atomic E-state index is 0.121. The van der Waals surface area contributed by atoms with Crippen LogP contribution in [-0.4, -0.2) is 5.97 Å². The molecular weight excluding hydrogens is 307 g/mol.